The van der Waals surface area contributed by atoms with E-state index in [0.29, 0.717) is 27.9 Å². The number of benzene rings is 1. The third-order valence-corrected chi connectivity index (χ3v) is 4.10. The van der Waals surface area contributed by atoms with Crippen molar-refractivity contribution < 1.29 is 0 Å². The topological polar surface area (TPSA) is 12.0 Å². The molecule has 0 saturated heterocycles. The van der Waals surface area contributed by atoms with Crippen molar-refractivity contribution in [2.45, 2.75) is 40.2 Å². The van der Waals surface area contributed by atoms with Gasteiger partial charge in [0.05, 0.1) is 10.0 Å². The maximum absolute atomic E-state index is 6.04. The first-order chi connectivity index (χ1) is 8.40. The predicted molar refractivity (Wildman–Crippen MR) is 81.6 cm³/mol. The van der Waals surface area contributed by atoms with Gasteiger partial charge >= 0.3 is 0 Å². The van der Waals surface area contributed by atoms with E-state index in [4.69, 9.17) is 23.2 Å². The van der Waals surface area contributed by atoms with Crippen LogP contribution in [-0.4, -0.2) is 12.6 Å². The minimum Gasteiger partial charge on any atom is -0.314 e. The minimum atomic E-state index is 0.546. The zero-order valence-electron chi connectivity index (χ0n) is 11.6. The van der Waals surface area contributed by atoms with Crippen LogP contribution in [-0.2, 0) is 6.42 Å². The summed E-state index contributed by atoms with van der Waals surface area (Å²) in [6, 6.07) is 6.46. The van der Waals surface area contributed by atoms with Gasteiger partial charge in [0.1, 0.15) is 0 Å². The lowest BCUT2D eigenvalue weighted by Gasteiger charge is -2.22. The van der Waals surface area contributed by atoms with Crippen molar-refractivity contribution in [3.63, 3.8) is 0 Å². The molecule has 18 heavy (non-hydrogen) atoms. The van der Waals surface area contributed by atoms with Gasteiger partial charge in [-0.1, -0.05) is 57.0 Å². The molecule has 2 unspecified atom stereocenters. The van der Waals surface area contributed by atoms with Gasteiger partial charge < -0.3 is 5.32 Å². The van der Waals surface area contributed by atoms with Gasteiger partial charge in [-0.2, -0.15) is 0 Å². The second kappa shape index (κ2) is 7.37. The fourth-order valence-electron chi connectivity index (χ4n) is 1.86. The molecule has 2 atom stereocenters. The molecule has 1 rings (SSSR count). The molecule has 0 saturated carbocycles. The number of nitrogens with one attached hydrogen (secondary N) is 1. The third-order valence-electron chi connectivity index (χ3n) is 3.36. The Bertz CT molecular complexity index is 377. The molecule has 0 amide bonds. The van der Waals surface area contributed by atoms with E-state index in [1.165, 1.54) is 5.56 Å². The molecule has 0 aliphatic carbocycles. The molecular weight excluding hydrogens is 265 g/mol. The molecule has 0 aromatic heterocycles. The standard InChI is InChI=1S/C15H23Cl2N/c1-10(2)18-9-12(4)11(3)7-13-5-6-14(16)15(17)8-13/h5-6,8,10-12,18H,7,9H2,1-4H3. The fraction of sp³-hybridized carbons (Fsp3) is 0.600. The molecule has 0 bridgehead atoms. The largest absolute Gasteiger partial charge is 0.314 e. The maximum atomic E-state index is 6.04. The summed E-state index contributed by atoms with van der Waals surface area (Å²) in [5, 5.41) is 4.76. The van der Waals surface area contributed by atoms with Crippen LogP contribution in [0.15, 0.2) is 18.2 Å². The lowest BCUT2D eigenvalue weighted by atomic mass is 9.89. The molecule has 1 aromatic carbocycles. The van der Waals surface area contributed by atoms with E-state index in [-0.39, 0.29) is 0 Å². The molecule has 0 aliphatic rings. The predicted octanol–water partition coefficient (Wildman–Crippen LogP) is 4.81. The van der Waals surface area contributed by atoms with Crippen molar-refractivity contribution in [1.82, 2.24) is 5.32 Å². The Morgan fingerprint density at radius 2 is 1.67 bits per heavy atom. The van der Waals surface area contributed by atoms with E-state index < -0.39 is 0 Å². The summed E-state index contributed by atoms with van der Waals surface area (Å²) in [4.78, 5) is 0. The van der Waals surface area contributed by atoms with Gasteiger partial charge in [0.25, 0.3) is 0 Å². The highest BCUT2D eigenvalue weighted by molar-refractivity contribution is 6.42. The summed E-state index contributed by atoms with van der Waals surface area (Å²) in [5.41, 5.74) is 1.26. The Labute approximate surface area is 121 Å². The van der Waals surface area contributed by atoms with Gasteiger partial charge in [0.2, 0.25) is 0 Å². The molecular formula is C15H23Cl2N. The lowest BCUT2D eigenvalue weighted by Crippen LogP contribution is -2.31. The van der Waals surface area contributed by atoms with Crippen LogP contribution in [0.4, 0.5) is 0 Å². The monoisotopic (exact) mass is 287 g/mol. The number of hydrogen-bond acceptors (Lipinski definition) is 1. The fourth-order valence-corrected chi connectivity index (χ4v) is 2.18. The van der Waals surface area contributed by atoms with E-state index in [1.54, 1.807) is 0 Å². The van der Waals surface area contributed by atoms with E-state index in [9.17, 15) is 0 Å². The summed E-state index contributed by atoms with van der Waals surface area (Å²) in [6.45, 7) is 9.99. The van der Waals surface area contributed by atoms with Gasteiger partial charge in [-0.15, -0.1) is 0 Å². The van der Waals surface area contributed by atoms with E-state index in [1.807, 2.05) is 12.1 Å². The molecule has 102 valence electrons. The Balaban J connectivity index is 2.52. The second-order valence-electron chi connectivity index (χ2n) is 5.47. The van der Waals surface area contributed by atoms with Gasteiger partial charge in [-0.3, -0.25) is 0 Å². The summed E-state index contributed by atoms with van der Waals surface area (Å²) in [7, 11) is 0. The quantitative estimate of drug-likeness (QED) is 0.792. The van der Waals surface area contributed by atoms with Crippen LogP contribution in [0.2, 0.25) is 10.0 Å². The van der Waals surface area contributed by atoms with Crippen LogP contribution in [0, 0.1) is 11.8 Å². The molecule has 3 heteroatoms. The first-order valence-electron chi connectivity index (χ1n) is 6.57. The highest BCUT2D eigenvalue weighted by Crippen LogP contribution is 2.25. The van der Waals surface area contributed by atoms with E-state index in [0.717, 1.165) is 13.0 Å². The van der Waals surface area contributed by atoms with Crippen molar-refractivity contribution in [3.05, 3.63) is 33.8 Å². The second-order valence-corrected chi connectivity index (χ2v) is 6.28. The van der Waals surface area contributed by atoms with Gasteiger partial charge in [-0.05, 0) is 42.5 Å². The third kappa shape index (κ3) is 5.17. The molecule has 1 nitrogen and oxygen atoms in total. The Hall–Kier alpha value is -0.240. The zero-order valence-corrected chi connectivity index (χ0v) is 13.1. The smallest absolute Gasteiger partial charge is 0.0595 e. The van der Waals surface area contributed by atoms with Crippen molar-refractivity contribution in [1.29, 1.82) is 0 Å². The highest BCUT2D eigenvalue weighted by atomic mass is 35.5. The van der Waals surface area contributed by atoms with Gasteiger partial charge in [0, 0.05) is 6.04 Å². The molecule has 0 radical (unpaired) electrons. The van der Waals surface area contributed by atoms with Gasteiger partial charge in [-0.25, -0.2) is 0 Å². The zero-order chi connectivity index (χ0) is 13.7. The molecule has 0 spiro atoms. The lowest BCUT2D eigenvalue weighted by molar-refractivity contribution is 0.354. The maximum Gasteiger partial charge on any atom is 0.0595 e. The summed E-state index contributed by atoms with van der Waals surface area (Å²) in [6.07, 6.45) is 1.04. The molecule has 0 aliphatic heterocycles. The summed E-state index contributed by atoms with van der Waals surface area (Å²) in [5.74, 6) is 1.26. The van der Waals surface area contributed by atoms with Crippen LogP contribution in [0.25, 0.3) is 0 Å². The number of rotatable bonds is 6. The highest BCUT2D eigenvalue weighted by Gasteiger charge is 2.13. The van der Waals surface area contributed by atoms with E-state index in [2.05, 4.69) is 39.1 Å². The average molecular weight is 288 g/mol. The number of hydrogen-bond donors (Lipinski definition) is 1. The van der Waals surface area contributed by atoms with Crippen molar-refractivity contribution in [2.75, 3.05) is 6.54 Å². The number of halogens is 2. The Kier molecular flexibility index (Phi) is 6.48. The van der Waals surface area contributed by atoms with Crippen molar-refractivity contribution >= 4 is 23.2 Å². The van der Waals surface area contributed by atoms with Gasteiger partial charge in [0.15, 0.2) is 0 Å². The molecule has 0 fully saturated rings. The first kappa shape index (κ1) is 15.8. The molecule has 0 heterocycles. The minimum absolute atomic E-state index is 0.546. The molecule has 1 N–H and O–H groups in total. The Morgan fingerprint density at radius 3 is 2.22 bits per heavy atom. The summed E-state index contributed by atoms with van der Waals surface area (Å²) >= 11 is 12.0. The van der Waals surface area contributed by atoms with Crippen molar-refractivity contribution in [2.24, 2.45) is 11.8 Å². The van der Waals surface area contributed by atoms with Crippen molar-refractivity contribution in [3.8, 4) is 0 Å². The Morgan fingerprint density at radius 1 is 1.00 bits per heavy atom. The average Bonchev–Trinajstić information content (AvgIpc) is 2.30. The van der Waals surface area contributed by atoms with Crippen LogP contribution < -0.4 is 5.32 Å². The summed E-state index contributed by atoms with van der Waals surface area (Å²) < 4.78 is 0. The first-order valence-corrected chi connectivity index (χ1v) is 7.33. The van der Waals surface area contributed by atoms with Crippen LogP contribution in [0.3, 0.4) is 0 Å². The normalized spacial score (nSPS) is 14.8. The SMILES string of the molecule is CC(C)NCC(C)C(C)Cc1ccc(Cl)c(Cl)c1. The van der Waals surface area contributed by atoms with E-state index >= 15 is 0 Å². The molecule has 1 aromatic rings. The van der Waals surface area contributed by atoms with Crippen LogP contribution >= 0.6 is 23.2 Å². The van der Waals surface area contributed by atoms with Crippen LogP contribution in [0.5, 0.6) is 0 Å². The van der Waals surface area contributed by atoms with Crippen LogP contribution in [0.1, 0.15) is 33.3 Å².